The van der Waals surface area contributed by atoms with Gasteiger partial charge in [-0.25, -0.2) is 0 Å². The summed E-state index contributed by atoms with van der Waals surface area (Å²) in [6, 6.07) is 0. The van der Waals surface area contributed by atoms with Crippen molar-refractivity contribution in [2.24, 2.45) is 0 Å². The fraction of sp³-hybridized carbons (Fsp3) is 0.667. The van der Waals surface area contributed by atoms with E-state index in [1.807, 2.05) is 0 Å². The predicted molar refractivity (Wildman–Crippen MR) is 63.1 cm³/mol. The van der Waals surface area contributed by atoms with E-state index in [1.54, 1.807) is 0 Å². The van der Waals surface area contributed by atoms with E-state index in [-0.39, 0.29) is 26.2 Å². The minimum Gasteiger partial charge on any atom is -0.390 e. The molecular formula is C12H22SiZr. The summed E-state index contributed by atoms with van der Waals surface area (Å²) >= 11 is 0. The molecule has 0 fully saturated rings. The third kappa shape index (κ3) is 9.15. The number of allylic oxidation sites excluding steroid dienone is 2. The van der Waals surface area contributed by atoms with Gasteiger partial charge in [-0.15, -0.1) is 13.3 Å². The number of rotatable bonds is 5. The van der Waals surface area contributed by atoms with Gasteiger partial charge in [-0.3, -0.25) is 0 Å². The Morgan fingerprint density at radius 2 is 1.79 bits per heavy atom. The van der Waals surface area contributed by atoms with Crippen LogP contribution in [0, 0.1) is 12.3 Å². The second-order valence-electron chi connectivity index (χ2n) is 4.63. The Bertz CT molecular complexity index is 199. The zero-order chi connectivity index (χ0) is 10.5. The zero-order valence-electron chi connectivity index (χ0n) is 10.2. The normalized spacial score (nSPS) is 12.2. The number of hydrogen-bond donors (Lipinski definition) is 0. The van der Waals surface area contributed by atoms with Crippen molar-refractivity contribution in [2.75, 3.05) is 0 Å². The van der Waals surface area contributed by atoms with Gasteiger partial charge in [0.25, 0.3) is 0 Å². The molecule has 0 saturated heterocycles. The molecule has 0 nitrogen and oxygen atoms in total. The average Bonchev–Trinajstić information content (AvgIpc) is 1.96. The standard InChI is InChI=1S/C12H22Si.Zr/c1-7-8-9-11(2)12(3)10-13(4,5)6;/h2H,7-9H2,1,3-6H3;/q-2;+2. The first-order valence-electron chi connectivity index (χ1n) is 5.10. The molecule has 0 aromatic carbocycles. The van der Waals surface area contributed by atoms with Crippen LogP contribution in [0.1, 0.15) is 33.1 Å². The van der Waals surface area contributed by atoms with Gasteiger partial charge in [-0.1, -0.05) is 39.4 Å². The van der Waals surface area contributed by atoms with Crippen molar-refractivity contribution in [3.8, 4) is 0 Å². The first kappa shape index (κ1) is 17.0. The van der Waals surface area contributed by atoms with Crippen LogP contribution in [-0.4, -0.2) is 8.07 Å². The van der Waals surface area contributed by atoms with E-state index < -0.39 is 8.07 Å². The van der Waals surface area contributed by atoms with Crippen molar-refractivity contribution in [2.45, 2.75) is 52.8 Å². The zero-order valence-corrected chi connectivity index (χ0v) is 13.7. The van der Waals surface area contributed by atoms with Crippen LogP contribution in [0.5, 0.6) is 0 Å². The third-order valence-electron chi connectivity index (χ3n) is 1.84. The molecule has 0 aliphatic carbocycles. The Balaban J connectivity index is 0. The summed E-state index contributed by atoms with van der Waals surface area (Å²) in [5, 5.41) is 0. The van der Waals surface area contributed by atoms with Gasteiger partial charge >= 0.3 is 26.2 Å². The summed E-state index contributed by atoms with van der Waals surface area (Å²) in [5.41, 5.74) is 5.74. The van der Waals surface area contributed by atoms with Gasteiger partial charge in [0.15, 0.2) is 0 Å². The van der Waals surface area contributed by atoms with Gasteiger partial charge in [-0.2, -0.15) is 0 Å². The van der Waals surface area contributed by atoms with Gasteiger partial charge < -0.3 is 23.4 Å². The molecule has 0 radical (unpaired) electrons. The molecule has 0 heterocycles. The van der Waals surface area contributed by atoms with Crippen LogP contribution in [0.4, 0.5) is 0 Å². The van der Waals surface area contributed by atoms with E-state index in [0.29, 0.717) is 0 Å². The number of unbranched alkanes of at least 4 members (excludes halogenated alkanes) is 1. The molecule has 0 spiro atoms. The summed E-state index contributed by atoms with van der Waals surface area (Å²) in [5.74, 6) is 0. The summed E-state index contributed by atoms with van der Waals surface area (Å²) in [6.45, 7) is 17.1. The smallest absolute Gasteiger partial charge is 0.390 e. The summed E-state index contributed by atoms with van der Waals surface area (Å²) in [4.78, 5) is 0. The van der Waals surface area contributed by atoms with Crippen LogP contribution in [0.3, 0.4) is 0 Å². The second kappa shape index (κ2) is 7.82. The van der Waals surface area contributed by atoms with Gasteiger partial charge in [-0.05, 0) is 8.07 Å². The molecule has 78 valence electrons. The van der Waals surface area contributed by atoms with E-state index in [2.05, 4.69) is 39.2 Å². The molecule has 0 aromatic heterocycles. The molecule has 0 unspecified atom stereocenters. The van der Waals surface area contributed by atoms with E-state index in [0.717, 1.165) is 12.0 Å². The third-order valence-corrected chi connectivity index (χ3v) is 2.97. The van der Waals surface area contributed by atoms with Crippen molar-refractivity contribution in [3.63, 3.8) is 0 Å². The van der Waals surface area contributed by atoms with Crippen molar-refractivity contribution >= 4 is 8.07 Å². The van der Waals surface area contributed by atoms with E-state index in [1.165, 1.54) is 18.4 Å². The average molecular weight is 286 g/mol. The quantitative estimate of drug-likeness (QED) is 0.404. The molecule has 0 saturated carbocycles. The van der Waals surface area contributed by atoms with E-state index in [9.17, 15) is 0 Å². The summed E-state index contributed by atoms with van der Waals surface area (Å²) < 4.78 is 0. The van der Waals surface area contributed by atoms with Crippen LogP contribution in [0.2, 0.25) is 19.6 Å². The molecule has 0 N–H and O–H groups in total. The Kier molecular flexibility index (Phi) is 9.49. The Morgan fingerprint density at radius 1 is 1.29 bits per heavy atom. The Labute approximate surface area is 110 Å². The molecule has 0 bridgehead atoms. The van der Waals surface area contributed by atoms with Crippen molar-refractivity contribution in [3.05, 3.63) is 23.4 Å². The maximum Gasteiger partial charge on any atom is 2.00 e. The molecule has 0 rings (SSSR count). The second-order valence-corrected chi connectivity index (χ2v) is 9.38. The minimum absolute atomic E-state index is 0. The summed E-state index contributed by atoms with van der Waals surface area (Å²) in [6.07, 6.45) is 3.43. The molecule has 14 heavy (non-hydrogen) atoms. The van der Waals surface area contributed by atoms with E-state index >= 15 is 0 Å². The fourth-order valence-electron chi connectivity index (χ4n) is 1.20. The molecule has 2 heteroatoms. The first-order chi connectivity index (χ1) is 5.87. The maximum absolute atomic E-state index is 5.95. The molecule has 0 aliphatic rings. The minimum atomic E-state index is -1.21. The fourth-order valence-corrected chi connectivity index (χ4v) is 2.48. The Morgan fingerprint density at radius 3 is 2.14 bits per heavy atom. The monoisotopic (exact) mass is 284 g/mol. The van der Waals surface area contributed by atoms with Gasteiger partial charge in [0.05, 0.1) is 0 Å². The maximum atomic E-state index is 5.95. The van der Waals surface area contributed by atoms with Crippen LogP contribution >= 0.6 is 0 Å². The molecule has 0 atom stereocenters. The topological polar surface area (TPSA) is 0 Å². The van der Waals surface area contributed by atoms with Crippen molar-refractivity contribution in [1.29, 1.82) is 0 Å². The van der Waals surface area contributed by atoms with Crippen LogP contribution in [0.15, 0.2) is 11.1 Å². The van der Waals surface area contributed by atoms with Crippen molar-refractivity contribution < 1.29 is 26.2 Å². The van der Waals surface area contributed by atoms with E-state index in [4.69, 9.17) is 6.58 Å². The van der Waals surface area contributed by atoms with Crippen LogP contribution < -0.4 is 0 Å². The van der Waals surface area contributed by atoms with Crippen LogP contribution in [0.25, 0.3) is 0 Å². The SMILES string of the molecule is [CH-]=C(CCCC)C(C)=[C-][Si](C)(C)C.[Zr+2]. The first-order valence-corrected chi connectivity index (χ1v) is 8.60. The van der Waals surface area contributed by atoms with Gasteiger partial charge in [0, 0.05) is 0 Å². The predicted octanol–water partition coefficient (Wildman–Crippen LogP) is 4.16. The Hall–Kier alpha value is 0.580. The molecule has 0 aromatic rings. The van der Waals surface area contributed by atoms with Gasteiger partial charge in [0.1, 0.15) is 0 Å². The number of hydrogen-bond acceptors (Lipinski definition) is 0. The van der Waals surface area contributed by atoms with Crippen molar-refractivity contribution in [1.82, 2.24) is 0 Å². The molecule has 0 amide bonds. The largest absolute Gasteiger partial charge is 2.00 e. The molecular weight excluding hydrogens is 263 g/mol. The molecule has 0 aliphatic heterocycles. The summed E-state index contributed by atoms with van der Waals surface area (Å²) in [7, 11) is -1.21. The van der Waals surface area contributed by atoms with Crippen LogP contribution in [-0.2, 0) is 26.2 Å². The van der Waals surface area contributed by atoms with Gasteiger partial charge in [0.2, 0.25) is 0 Å².